The Morgan fingerprint density at radius 2 is 2.04 bits per heavy atom. The first-order valence-electron chi connectivity index (χ1n) is 8.16. The molecule has 0 bridgehead atoms. The summed E-state index contributed by atoms with van der Waals surface area (Å²) in [6, 6.07) is 6.16. The van der Waals surface area contributed by atoms with E-state index in [0.29, 0.717) is 25.6 Å². The summed E-state index contributed by atoms with van der Waals surface area (Å²) in [5.74, 6) is 0.443. The molecule has 1 heterocycles. The summed E-state index contributed by atoms with van der Waals surface area (Å²) >= 11 is 0. The molecule has 1 aliphatic rings. The molecule has 0 aliphatic carbocycles. The fraction of sp³-hybridized carbons (Fsp3) is 0.588. The molecule has 1 atom stereocenters. The Morgan fingerprint density at radius 3 is 2.56 bits per heavy atom. The molecule has 6 nitrogen and oxygen atoms in total. The van der Waals surface area contributed by atoms with Gasteiger partial charge in [-0.15, -0.1) is 0 Å². The normalized spacial score (nSPS) is 21.0. The van der Waals surface area contributed by atoms with Crippen LogP contribution in [0.1, 0.15) is 25.5 Å². The van der Waals surface area contributed by atoms with Crippen molar-refractivity contribution in [1.29, 1.82) is 0 Å². The molecule has 8 heteroatoms. The number of sulfone groups is 1. The zero-order valence-electron chi connectivity index (χ0n) is 15.1. The predicted octanol–water partition coefficient (Wildman–Crippen LogP) is 1.60. The number of halogens is 1. The average molecular weight is 371 g/mol. The second kappa shape index (κ2) is 7.70. The van der Waals surface area contributed by atoms with E-state index in [1.165, 1.54) is 12.1 Å². The van der Waals surface area contributed by atoms with Crippen molar-refractivity contribution in [3.63, 3.8) is 0 Å². The number of guanidine groups is 1. The third-order valence-corrected chi connectivity index (χ3v) is 7.06. The van der Waals surface area contributed by atoms with Crippen LogP contribution in [-0.4, -0.2) is 63.6 Å². The van der Waals surface area contributed by atoms with Gasteiger partial charge in [0.25, 0.3) is 0 Å². The van der Waals surface area contributed by atoms with Gasteiger partial charge in [0.15, 0.2) is 15.8 Å². The Balaban J connectivity index is 2.04. The van der Waals surface area contributed by atoms with Crippen molar-refractivity contribution in [2.24, 2.45) is 4.99 Å². The number of methoxy groups -OCH3 is 1. The SMILES string of the molecule is CN=C(NCC(OC)c1ccc(F)cc1)N1CCS(=O)(=O)C(C)(C)C1. The van der Waals surface area contributed by atoms with Gasteiger partial charge in [0.05, 0.1) is 16.6 Å². The quantitative estimate of drug-likeness (QED) is 0.643. The van der Waals surface area contributed by atoms with Crippen LogP contribution in [0.25, 0.3) is 0 Å². The van der Waals surface area contributed by atoms with E-state index >= 15 is 0 Å². The van der Waals surface area contributed by atoms with Crippen LogP contribution in [0.2, 0.25) is 0 Å². The molecule has 1 aliphatic heterocycles. The van der Waals surface area contributed by atoms with Crippen molar-refractivity contribution >= 4 is 15.8 Å². The fourth-order valence-corrected chi connectivity index (χ4v) is 4.22. The molecule has 25 heavy (non-hydrogen) atoms. The van der Waals surface area contributed by atoms with Crippen LogP contribution in [0, 0.1) is 5.82 Å². The highest BCUT2D eigenvalue weighted by Crippen LogP contribution is 2.24. The lowest BCUT2D eigenvalue weighted by Gasteiger charge is -2.39. The van der Waals surface area contributed by atoms with Gasteiger partial charge in [0.2, 0.25) is 0 Å². The Morgan fingerprint density at radius 1 is 1.40 bits per heavy atom. The average Bonchev–Trinajstić information content (AvgIpc) is 2.56. The van der Waals surface area contributed by atoms with Gasteiger partial charge in [0, 0.05) is 33.8 Å². The van der Waals surface area contributed by atoms with Crippen molar-refractivity contribution in [2.45, 2.75) is 24.7 Å². The number of nitrogens with zero attached hydrogens (tertiary/aromatic N) is 2. The van der Waals surface area contributed by atoms with E-state index in [1.54, 1.807) is 40.1 Å². The van der Waals surface area contributed by atoms with Crippen molar-refractivity contribution in [1.82, 2.24) is 10.2 Å². The molecule has 0 saturated carbocycles. The Bertz CT molecular complexity index is 717. The molecule has 140 valence electrons. The minimum Gasteiger partial charge on any atom is -0.375 e. The van der Waals surface area contributed by atoms with Gasteiger partial charge >= 0.3 is 0 Å². The summed E-state index contributed by atoms with van der Waals surface area (Å²) in [4.78, 5) is 6.20. The largest absolute Gasteiger partial charge is 0.375 e. The van der Waals surface area contributed by atoms with E-state index in [1.807, 2.05) is 4.90 Å². The second-order valence-corrected chi connectivity index (χ2v) is 9.45. The van der Waals surface area contributed by atoms with Gasteiger partial charge in [-0.05, 0) is 31.5 Å². The first kappa shape index (κ1) is 19.7. The van der Waals surface area contributed by atoms with Gasteiger partial charge in [-0.1, -0.05) is 12.1 Å². The predicted molar refractivity (Wildman–Crippen MR) is 97.0 cm³/mol. The van der Waals surface area contributed by atoms with E-state index in [0.717, 1.165) is 5.56 Å². The number of benzene rings is 1. The Labute approximate surface area is 149 Å². The van der Waals surface area contributed by atoms with Gasteiger partial charge in [-0.3, -0.25) is 4.99 Å². The third-order valence-electron chi connectivity index (χ3n) is 4.53. The highest BCUT2D eigenvalue weighted by atomic mass is 32.2. The van der Waals surface area contributed by atoms with Crippen molar-refractivity contribution in [3.05, 3.63) is 35.6 Å². The minimum atomic E-state index is -3.10. The Hall–Kier alpha value is -1.67. The molecule has 1 unspecified atom stereocenters. The number of rotatable bonds is 4. The van der Waals surface area contributed by atoms with Gasteiger partial charge in [0.1, 0.15) is 5.82 Å². The maximum atomic E-state index is 13.1. The number of nitrogens with one attached hydrogen (secondary N) is 1. The van der Waals surface area contributed by atoms with Gasteiger partial charge in [-0.25, -0.2) is 12.8 Å². The van der Waals surface area contributed by atoms with E-state index in [2.05, 4.69) is 10.3 Å². The summed E-state index contributed by atoms with van der Waals surface area (Å²) in [6.45, 7) is 4.69. The fourth-order valence-electron chi connectivity index (χ4n) is 2.86. The Kier molecular flexibility index (Phi) is 6.05. The minimum absolute atomic E-state index is 0.104. The van der Waals surface area contributed by atoms with E-state index in [4.69, 9.17) is 4.74 Å². The molecule has 0 aromatic heterocycles. The van der Waals surface area contributed by atoms with Crippen LogP contribution < -0.4 is 5.32 Å². The van der Waals surface area contributed by atoms with Crippen LogP contribution in [0.4, 0.5) is 4.39 Å². The number of hydrogen-bond donors (Lipinski definition) is 1. The lowest BCUT2D eigenvalue weighted by molar-refractivity contribution is 0.105. The summed E-state index contributed by atoms with van der Waals surface area (Å²) in [6.07, 6.45) is -0.265. The molecule has 0 amide bonds. The number of hydrogen-bond acceptors (Lipinski definition) is 4. The van der Waals surface area contributed by atoms with Crippen LogP contribution in [0.15, 0.2) is 29.3 Å². The van der Waals surface area contributed by atoms with E-state index in [-0.39, 0.29) is 17.7 Å². The summed E-state index contributed by atoms with van der Waals surface area (Å²) in [5, 5.41) is 3.23. The molecule has 1 aromatic rings. The van der Waals surface area contributed by atoms with Crippen LogP contribution >= 0.6 is 0 Å². The number of aliphatic imine (C=N–C) groups is 1. The highest BCUT2D eigenvalue weighted by Gasteiger charge is 2.41. The molecular weight excluding hydrogens is 345 g/mol. The maximum absolute atomic E-state index is 13.1. The number of ether oxygens (including phenoxy) is 1. The molecule has 1 fully saturated rings. The van der Waals surface area contributed by atoms with Gasteiger partial charge < -0.3 is 15.0 Å². The summed E-state index contributed by atoms with van der Waals surface area (Å²) < 4.78 is 42.0. The molecule has 1 aromatic carbocycles. The first-order valence-corrected chi connectivity index (χ1v) is 9.81. The molecule has 1 saturated heterocycles. The molecular formula is C17H26FN3O3S. The van der Waals surface area contributed by atoms with Crippen LogP contribution in [0.5, 0.6) is 0 Å². The zero-order valence-corrected chi connectivity index (χ0v) is 15.9. The smallest absolute Gasteiger partial charge is 0.193 e. The first-order chi connectivity index (χ1) is 11.7. The topological polar surface area (TPSA) is 71.0 Å². The van der Waals surface area contributed by atoms with Crippen LogP contribution in [0.3, 0.4) is 0 Å². The van der Waals surface area contributed by atoms with E-state index < -0.39 is 14.6 Å². The lowest BCUT2D eigenvalue weighted by Crippen LogP contribution is -2.57. The molecule has 0 radical (unpaired) electrons. The maximum Gasteiger partial charge on any atom is 0.193 e. The second-order valence-electron chi connectivity index (χ2n) is 6.70. The zero-order chi connectivity index (χ0) is 18.7. The molecule has 1 N–H and O–H groups in total. The standard InChI is InChI=1S/C17H26FN3O3S/c1-17(2)12-21(9-10-25(17,22)23)16(19-3)20-11-15(24-4)13-5-7-14(18)8-6-13/h5-8,15H,9-12H2,1-4H3,(H,19,20). The molecule has 2 rings (SSSR count). The lowest BCUT2D eigenvalue weighted by atomic mass is 10.1. The van der Waals surface area contributed by atoms with Crippen molar-refractivity contribution in [2.75, 3.05) is 39.5 Å². The van der Waals surface area contributed by atoms with Crippen molar-refractivity contribution < 1.29 is 17.5 Å². The van der Waals surface area contributed by atoms with Gasteiger partial charge in [-0.2, -0.15) is 0 Å². The monoisotopic (exact) mass is 371 g/mol. The third kappa shape index (κ3) is 4.49. The van der Waals surface area contributed by atoms with Crippen molar-refractivity contribution in [3.8, 4) is 0 Å². The summed E-state index contributed by atoms with van der Waals surface area (Å²) in [7, 11) is 0.154. The highest BCUT2D eigenvalue weighted by molar-refractivity contribution is 7.92. The summed E-state index contributed by atoms with van der Waals surface area (Å²) in [5.41, 5.74) is 0.855. The van der Waals surface area contributed by atoms with Crippen LogP contribution in [-0.2, 0) is 14.6 Å². The molecule has 0 spiro atoms. The van der Waals surface area contributed by atoms with E-state index in [9.17, 15) is 12.8 Å².